The zero-order chi connectivity index (χ0) is 11.9. The van der Waals surface area contributed by atoms with Crippen molar-refractivity contribution in [3.05, 3.63) is 30.2 Å². The lowest BCUT2D eigenvalue weighted by Gasteiger charge is -2.22. The Morgan fingerprint density at radius 3 is 3.06 bits per heavy atom. The summed E-state index contributed by atoms with van der Waals surface area (Å²) in [5.74, 6) is 1.25. The number of carbonyl (C=O) groups excluding carboxylic acids is 1. The molecule has 0 atom stereocenters. The summed E-state index contributed by atoms with van der Waals surface area (Å²) in [4.78, 5) is 11.5. The minimum absolute atomic E-state index is 0.0556. The van der Waals surface area contributed by atoms with Crippen LogP contribution in [0.3, 0.4) is 0 Å². The van der Waals surface area contributed by atoms with Gasteiger partial charge in [0.25, 0.3) is 0 Å². The molecule has 17 heavy (non-hydrogen) atoms. The van der Waals surface area contributed by atoms with E-state index in [1.165, 1.54) is 6.08 Å². The second-order valence-electron chi connectivity index (χ2n) is 4.29. The summed E-state index contributed by atoms with van der Waals surface area (Å²) in [5.41, 5.74) is 0. The van der Waals surface area contributed by atoms with Crippen molar-refractivity contribution in [2.24, 2.45) is 5.92 Å². The lowest BCUT2D eigenvalue weighted by Crippen LogP contribution is -2.35. The first-order valence-electron chi connectivity index (χ1n) is 6.05. The zero-order valence-corrected chi connectivity index (χ0v) is 9.82. The van der Waals surface area contributed by atoms with Crippen LogP contribution in [-0.2, 0) is 4.79 Å². The SMILES string of the molecule is O=C(C=Cc1ccco1)NCC1CCNCC1. The number of hydrogen-bond acceptors (Lipinski definition) is 3. The lowest BCUT2D eigenvalue weighted by atomic mass is 9.98. The average Bonchev–Trinajstić information content (AvgIpc) is 2.88. The monoisotopic (exact) mass is 234 g/mol. The van der Waals surface area contributed by atoms with E-state index in [1.54, 1.807) is 18.4 Å². The lowest BCUT2D eigenvalue weighted by molar-refractivity contribution is -0.116. The average molecular weight is 234 g/mol. The minimum atomic E-state index is -0.0556. The molecular formula is C13H18N2O2. The van der Waals surface area contributed by atoms with Gasteiger partial charge in [-0.1, -0.05) is 0 Å². The van der Waals surface area contributed by atoms with E-state index in [0.717, 1.165) is 32.5 Å². The summed E-state index contributed by atoms with van der Waals surface area (Å²) in [6.07, 6.45) is 7.06. The summed E-state index contributed by atoms with van der Waals surface area (Å²) in [7, 11) is 0. The second-order valence-corrected chi connectivity index (χ2v) is 4.29. The normalized spacial score (nSPS) is 17.4. The van der Waals surface area contributed by atoms with Crippen LogP contribution in [0.4, 0.5) is 0 Å². The highest BCUT2D eigenvalue weighted by Crippen LogP contribution is 2.09. The van der Waals surface area contributed by atoms with Crippen molar-refractivity contribution >= 4 is 12.0 Å². The Bertz CT molecular complexity index is 365. The minimum Gasteiger partial charge on any atom is -0.465 e. The fourth-order valence-electron chi connectivity index (χ4n) is 1.93. The van der Waals surface area contributed by atoms with E-state index < -0.39 is 0 Å². The molecule has 1 aromatic rings. The maximum atomic E-state index is 11.5. The first-order valence-corrected chi connectivity index (χ1v) is 6.05. The van der Waals surface area contributed by atoms with Crippen LogP contribution in [0.25, 0.3) is 6.08 Å². The van der Waals surface area contributed by atoms with Crippen LogP contribution in [-0.4, -0.2) is 25.5 Å². The molecule has 0 radical (unpaired) electrons. The van der Waals surface area contributed by atoms with Crippen LogP contribution in [0.1, 0.15) is 18.6 Å². The molecule has 0 bridgehead atoms. The van der Waals surface area contributed by atoms with Crippen LogP contribution in [0.2, 0.25) is 0 Å². The molecule has 2 heterocycles. The highest BCUT2D eigenvalue weighted by Gasteiger charge is 2.12. The molecule has 1 amide bonds. The van der Waals surface area contributed by atoms with Crippen molar-refractivity contribution in [2.45, 2.75) is 12.8 Å². The predicted octanol–water partition coefficient (Wildman–Crippen LogP) is 1.41. The van der Waals surface area contributed by atoms with Crippen LogP contribution in [0.5, 0.6) is 0 Å². The van der Waals surface area contributed by atoms with Gasteiger partial charge in [0.15, 0.2) is 0 Å². The van der Waals surface area contributed by atoms with Crippen LogP contribution in [0, 0.1) is 5.92 Å². The van der Waals surface area contributed by atoms with Gasteiger partial charge < -0.3 is 15.1 Å². The Morgan fingerprint density at radius 2 is 2.35 bits per heavy atom. The van der Waals surface area contributed by atoms with Gasteiger partial charge in [0, 0.05) is 12.6 Å². The van der Waals surface area contributed by atoms with Crippen LogP contribution >= 0.6 is 0 Å². The third-order valence-electron chi connectivity index (χ3n) is 2.97. The molecule has 0 aromatic carbocycles. The third kappa shape index (κ3) is 4.07. The number of rotatable bonds is 4. The zero-order valence-electron chi connectivity index (χ0n) is 9.82. The first-order chi connectivity index (χ1) is 8.34. The summed E-state index contributed by atoms with van der Waals surface area (Å²) >= 11 is 0. The fraction of sp³-hybridized carbons (Fsp3) is 0.462. The number of amides is 1. The van der Waals surface area contributed by atoms with Crippen molar-refractivity contribution in [1.82, 2.24) is 10.6 Å². The smallest absolute Gasteiger partial charge is 0.244 e. The molecule has 1 saturated heterocycles. The molecule has 2 N–H and O–H groups in total. The standard InChI is InChI=1S/C13H18N2O2/c16-13(4-3-12-2-1-9-17-12)15-10-11-5-7-14-8-6-11/h1-4,9,11,14H,5-8,10H2,(H,15,16). The second kappa shape index (κ2) is 6.25. The van der Waals surface area contributed by atoms with Gasteiger partial charge in [-0.2, -0.15) is 0 Å². The topological polar surface area (TPSA) is 54.3 Å². The Kier molecular flexibility index (Phi) is 4.38. The van der Waals surface area contributed by atoms with Gasteiger partial charge in [0.2, 0.25) is 5.91 Å². The van der Waals surface area contributed by atoms with Gasteiger partial charge in [-0.25, -0.2) is 0 Å². The molecule has 1 fully saturated rings. The van der Waals surface area contributed by atoms with Gasteiger partial charge in [0.1, 0.15) is 5.76 Å². The van der Waals surface area contributed by atoms with Gasteiger partial charge in [-0.05, 0) is 50.1 Å². The van der Waals surface area contributed by atoms with Gasteiger partial charge in [-0.3, -0.25) is 4.79 Å². The van der Waals surface area contributed by atoms with E-state index in [2.05, 4.69) is 10.6 Å². The number of nitrogens with one attached hydrogen (secondary N) is 2. The molecule has 0 spiro atoms. The molecular weight excluding hydrogens is 216 g/mol. The molecule has 4 nitrogen and oxygen atoms in total. The number of furan rings is 1. The van der Waals surface area contributed by atoms with Gasteiger partial charge >= 0.3 is 0 Å². The molecule has 0 aliphatic carbocycles. The Labute approximate surface area is 101 Å². The Morgan fingerprint density at radius 1 is 1.53 bits per heavy atom. The van der Waals surface area contributed by atoms with Crippen LogP contribution < -0.4 is 10.6 Å². The van der Waals surface area contributed by atoms with Crippen molar-refractivity contribution in [1.29, 1.82) is 0 Å². The van der Waals surface area contributed by atoms with E-state index >= 15 is 0 Å². The number of piperidine rings is 1. The summed E-state index contributed by atoms with van der Waals surface area (Å²) in [6, 6.07) is 3.61. The first kappa shape index (κ1) is 11.9. The highest BCUT2D eigenvalue weighted by atomic mass is 16.3. The van der Waals surface area contributed by atoms with E-state index in [0.29, 0.717) is 11.7 Å². The van der Waals surface area contributed by atoms with E-state index in [4.69, 9.17) is 4.42 Å². The molecule has 1 aliphatic heterocycles. The van der Waals surface area contributed by atoms with E-state index in [1.807, 2.05) is 6.07 Å². The van der Waals surface area contributed by atoms with Gasteiger partial charge in [-0.15, -0.1) is 0 Å². The molecule has 4 heteroatoms. The summed E-state index contributed by atoms with van der Waals surface area (Å²) in [5, 5.41) is 6.23. The van der Waals surface area contributed by atoms with Crippen molar-refractivity contribution in [3.63, 3.8) is 0 Å². The van der Waals surface area contributed by atoms with Crippen molar-refractivity contribution in [2.75, 3.05) is 19.6 Å². The predicted molar refractivity (Wildman–Crippen MR) is 66.3 cm³/mol. The third-order valence-corrected chi connectivity index (χ3v) is 2.97. The molecule has 1 aliphatic rings. The number of hydrogen-bond donors (Lipinski definition) is 2. The summed E-state index contributed by atoms with van der Waals surface area (Å²) < 4.78 is 5.10. The quantitative estimate of drug-likeness (QED) is 0.774. The molecule has 0 saturated carbocycles. The maximum absolute atomic E-state index is 11.5. The molecule has 2 rings (SSSR count). The molecule has 0 unspecified atom stereocenters. The highest BCUT2D eigenvalue weighted by molar-refractivity contribution is 5.91. The van der Waals surface area contributed by atoms with Crippen molar-refractivity contribution in [3.8, 4) is 0 Å². The Hall–Kier alpha value is -1.55. The largest absolute Gasteiger partial charge is 0.465 e. The van der Waals surface area contributed by atoms with Crippen molar-refractivity contribution < 1.29 is 9.21 Å². The Balaban J connectivity index is 1.70. The summed E-state index contributed by atoms with van der Waals surface area (Å²) in [6.45, 7) is 2.88. The fourth-order valence-corrected chi connectivity index (χ4v) is 1.93. The van der Waals surface area contributed by atoms with E-state index in [-0.39, 0.29) is 5.91 Å². The molecule has 92 valence electrons. The molecule has 1 aromatic heterocycles. The van der Waals surface area contributed by atoms with Crippen LogP contribution in [0.15, 0.2) is 28.9 Å². The van der Waals surface area contributed by atoms with E-state index in [9.17, 15) is 4.79 Å². The number of carbonyl (C=O) groups is 1. The maximum Gasteiger partial charge on any atom is 0.244 e. The van der Waals surface area contributed by atoms with Gasteiger partial charge in [0.05, 0.1) is 6.26 Å².